The first-order valence-corrected chi connectivity index (χ1v) is 4.71. The second-order valence-electron chi connectivity index (χ2n) is 4.37. The molecule has 0 saturated carbocycles. The minimum atomic E-state index is -0.144. The second-order valence-corrected chi connectivity index (χ2v) is 4.37. The van der Waals surface area contributed by atoms with Crippen molar-refractivity contribution in [2.45, 2.75) is 26.3 Å². The van der Waals surface area contributed by atoms with Crippen LogP contribution in [0.5, 0.6) is 11.5 Å². The zero-order chi connectivity index (χ0) is 11.5. The van der Waals surface area contributed by atoms with Crippen LogP contribution in [-0.4, -0.2) is 22.0 Å². The normalized spacial score (nSPS) is 11.9. The molecule has 0 heterocycles. The van der Waals surface area contributed by atoms with E-state index in [-0.39, 0.29) is 17.0 Å². The Morgan fingerprint density at radius 3 is 2.40 bits per heavy atom. The van der Waals surface area contributed by atoms with Crippen molar-refractivity contribution in [2.24, 2.45) is 5.10 Å². The van der Waals surface area contributed by atoms with Crippen LogP contribution in [0.3, 0.4) is 0 Å². The summed E-state index contributed by atoms with van der Waals surface area (Å²) in [5, 5.41) is 22.3. The van der Waals surface area contributed by atoms with E-state index in [4.69, 9.17) is 5.11 Å². The molecule has 0 aliphatic carbocycles. The summed E-state index contributed by atoms with van der Waals surface area (Å²) >= 11 is 0. The van der Waals surface area contributed by atoms with Crippen molar-refractivity contribution in [2.75, 3.05) is 0 Å². The quantitative estimate of drug-likeness (QED) is 0.394. The van der Waals surface area contributed by atoms with Gasteiger partial charge in [0.1, 0.15) is 0 Å². The summed E-state index contributed by atoms with van der Waals surface area (Å²) in [6, 6.07) is 4.54. The van der Waals surface area contributed by atoms with Crippen LogP contribution in [0.4, 0.5) is 0 Å². The summed E-state index contributed by atoms with van der Waals surface area (Å²) in [5.41, 5.74) is 3.57. The Bertz CT molecular complexity index is 367. The van der Waals surface area contributed by atoms with E-state index in [1.807, 2.05) is 20.8 Å². The Labute approximate surface area is 89.3 Å². The van der Waals surface area contributed by atoms with Gasteiger partial charge in [-0.15, -0.1) is 0 Å². The van der Waals surface area contributed by atoms with E-state index >= 15 is 0 Å². The van der Waals surface area contributed by atoms with Crippen LogP contribution in [0.15, 0.2) is 23.3 Å². The van der Waals surface area contributed by atoms with Gasteiger partial charge in [0, 0.05) is 5.54 Å². The Hall–Kier alpha value is -1.71. The molecule has 1 aromatic rings. The van der Waals surface area contributed by atoms with E-state index in [2.05, 4.69) is 10.5 Å². The van der Waals surface area contributed by atoms with E-state index in [0.29, 0.717) is 0 Å². The topological polar surface area (TPSA) is 64.9 Å². The van der Waals surface area contributed by atoms with Gasteiger partial charge < -0.3 is 15.6 Å². The monoisotopic (exact) mass is 208 g/mol. The van der Waals surface area contributed by atoms with Crippen LogP contribution in [-0.2, 0) is 0 Å². The standard InChI is InChI=1S/C11H16N2O2/c1-11(2,3)13-12-7-8-4-5-9(14)10(15)6-8/h4-7,13-15H,1-3H3/b12-7-. The Balaban J connectivity index is 2.69. The van der Waals surface area contributed by atoms with Crippen LogP contribution < -0.4 is 5.43 Å². The maximum Gasteiger partial charge on any atom is 0.158 e. The van der Waals surface area contributed by atoms with Gasteiger partial charge in [-0.25, -0.2) is 0 Å². The van der Waals surface area contributed by atoms with Crippen molar-refractivity contribution >= 4 is 6.21 Å². The number of rotatable bonds is 2. The van der Waals surface area contributed by atoms with Gasteiger partial charge in [0.2, 0.25) is 0 Å². The molecule has 0 saturated heterocycles. The van der Waals surface area contributed by atoms with Crippen LogP contribution in [0, 0.1) is 0 Å². The van der Waals surface area contributed by atoms with Gasteiger partial charge in [0.25, 0.3) is 0 Å². The van der Waals surface area contributed by atoms with Crippen molar-refractivity contribution in [1.29, 1.82) is 0 Å². The van der Waals surface area contributed by atoms with E-state index in [1.165, 1.54) is 12.1 Å². The lowest BCUT2D eigenvalue weighted by Crippen LogP contribution is -2.31. The maximum absolute atomic E-state index is 9.23. The highest BCUT2D eigenvalue weighted by Gasteiger charge is 2.05. The zero-order valence-electron chi connectivity index (χ0n) is 9.15. The van der Waals surface area contributed by atoms with Gasteiger partial charge in [0.05, 0.1) is 6.21 Å². The molecule has 1 rings (SSSR count). The number of aromatic hydroxyl groups is 2. The van der Waals surface area contributed by atoms with Crippen LogP contribution >= 0.6 is 0 Å². The number of benzene rings is 1. The molecule has 3 N–H and O–H groups in total. The number of phenols is 2. The first-order chi connectivity index (χ1) is 6.88. The molecule has 0 aliphatic heterocycles. The van der Waals surface area contributed by atoms with Gasteiger partial charge in [-0.3, -0.25) is 0 Å². The number of phenolic OH excluding ortho intramolecular Hbond substituents is 2. The molecule has 0 amide bonds. The third kappa shape index (κ3) is 3.89. The van der Waals surface area contributed by atoms with Crippen molar-refractivity contribution in [3.8, 4) is 11.5 Å². The Morgan fingerprint density at radius 1 is 1.20 bits per heavy atom. The molecule has 0 spiro atoms. The average Bonchev–Trinajstić information content (AvgIpc) is 2.09. The maximum atomic E-state index is 9.23. The Morgan fingerprint density at radius 2 is 1.87 bits per heavy atom. The first kappa shape index (κ1) is 11.4. The molecule has 1 aromatic carbocycles. The molecule has 4 heteroatoms. The van der Waals surface area contributed by atoms with Gasteiger partial charge >= 0.3 is 0 Å². The number of hydrazone groups is 1. The van der Waals surface area contributed by atoms with E-state index in [9.17, 15) is 5.11 Å². The average molecular weight is 208 g/mol. The summed E-state index contributed by atoms with van der Waals surface area (Å²) in [4.78, 5) is 0. The van der Waals surface area contributed by atoms with Gasteiger partial charge in [-0.2, -0.15) is 5.10 Å². The molecule has 15 heavy (non-hydrogen) atoms. The van der Waals surface area contributed by atoms with Gasteiger partial charge in [-0.1, -0.05) is 0 Å². The van der Waals surface area contributed by atoms with E-state index in [0.717, 1.165) is 5.56 Å². The molecular weight excluding hydrogens is 192 g/mol. The predicted molar refractivity (Wildman–Crippen MR) is 60.3 cm³/mol. The minimum Gasteiger partial charge on any atom is -0.504 e. The molecule has 4 nitrogen and oxygen atoms in total. The van der Waals surface area contributed by atoms with Crippen LogP contribution in [0.1, 0.15) is 26.3 Å². The highest BCUT2D eigenvalue weighted by atomic mass is 16.3. The highest BCUT2D eigenvalue weighted by molar-refractivity contribution is 5.80. The molecule has 0 radical (unpaired) electrons. The number of hydrogen-bond donors (Lipinski definition) is 3. The van der Waals surface area contributed by atoms with Gasteiger partial charge in [0.15, 0.2) is 11.5 Å². The Kier molecular flexibility index (Phi) is 3.19. The van der Waals surface area contributed by atoms with Crippen molar-refractivity contribution < 1.29 is 10.2 Å². The molecule has 0 atom stereocenters. The summed E-state index contributed by atoms with van der Waals surface area (Å²) in [5.74, 6) is -0.273. The fraction of sp³-hybridized carbons (Fsp3) is 0.364. The third-order valence-corrected chi connectivity index (χ3v) is 1.61. The SMILES string of the molecule is CC(C)(C)N/N=C\c1ccc(O)c(O)c1. The molecule has 0 fully saturated rings. The molecule has 0 aliphatic rings. The highest BCUT2D eigenvalue weighted by Crippen LogP contribution is 2.23. The van der Waals surface area contributed by atoms with Gasteiger partial charge in [-0.05, 0) is 44.5 Å². The largest absolute Gasteiger partial charge is 0.504 e. The third-order valence-electron chi connectivity index (χ3n) is 1.61. The summed E-state index contributed by atoms with van der Waals surface area (Å²) in [6.07, 6.45) is 1.59. The molecule has 82 valence electrons. The number of hydrogen-bond acceptors (Lipinski definition) is 4. The van der Waals surface area contributed by atoms with Crippen molar-refractivity contribution in [3.63, 3.8) is 0 Å². The fourth-order valence-corrected chi connectivity index (χ4v) is 0.921. The second kappa shape index (κ2) is 4.21. The number of nitrogens with one attached hydrogen (secondary N) is 1. The smallest absolute Gasteiger partial charge is 0.158 e. The van der Waals surface area contributed by atoms with Crippen molar-refractivity contribution in [3.05, 3.63) is 23.8 Å². The summed E-state index contributed by atoms with van der Waals surface area (Å²) in [7, 11) is 0. The molecular formula is C11H16N2O2. The lowest BCUT2D eigenvalue weighted by atomic mass is 10.1. The van der Waals surface area contributed by atoms with E-state index in [1.54, 1.807) is 12.3 Å². The molecule has 0 aromatic heterocycles. The van der Waals surface area contributed by atoms with Crippen molar-refractivity contribution in [1.82, 2.24) is 5.43 Å². The summed E-state index contributed by atoms with van der Waals surface area (Å²) < 4.78 is 0. The molecule has 0 bridgehead atoms. The molecule has 0 unspecified atom stereocenters. The zero-order valence-corrected chi connectivity index (χ0v) is 9.15. The fourth-order valence-electron chi connectivity index (χ4n) is 0.921. The minimum absolute atomic E-state index is 0.0878. The lowest BCUT2D eigenvalue weighted by Gasteiger charge is -2.16. The lowest BCUT2D eigenvalue weighted by molar-refractivity contribution is 0.403. The predicted octanol–water partition coefficient (Wildman–Crippen LogP) is 1.82. The van der Waals surface area contributed by atoms with Crippen LogP contribution in [0.2, 0.25) is 0 Å². The summed E-state index contributed by atoms with van der Waals surface area (Å²) in [6.45, 7) is 6.00. The van der Waals surface area contributed by atoms with E-state index < -0.39 is 0 Å². The van der Waals surface area contributed by atoms with Crippen LogP contribution in [0.25, 0.3) is 0 Å². The first-order valence-electron chi connectivity index (χ1n) is 4.71. The number of nitrogens with zero attached hydrogens (tertiary/aromatic N) is 1.